The summed E-state index contributed by atoms with van der Waals surface area (Å²) >= 11 is 0. The second-order valence-electron chi connectivity index (χ2n) is 7.14. The van der Waals surface area contributed by atoms with Gasteiger partial charge in [0.15, 0.2) is 0 Å². The Balaban J connectivity index is 1.29. The summed E-state index contributed by atoms with van der Waals surface area (Å²) < 4.78 is 11.2. The van der Waals surface area contributed by atoms with Gasteiger partial charge in [-0.15, -0.1) is 0 Å². The van der Waals surface area contributed by atoms with Crippen LogP contribution in [0, 0.1) is 11.8 Å². The van der Waals surface area contributed by atoms with E-state index in [-0.39, 0.29) is 12.0 Å². The summed E-state index contributed by atoms with van der Waals surface area (Å²) in [5, 5.41) is 2.98. The van der Waals surface area contributed by atoms with E-state index in [0.717, 1.165) is 25.4 Å². The predicted molar refractivity (Wildman–Crippen MR) is 99.4 cm³/mol. The van der Waals surface area contributed by atoms with E-state index in [2.05, 4.69) is 32.3 Å². The molecule has 1 aromatic carbocycles. The highest BCUT2D eigenvalue weighted by molar-refractivity contribution is 5.91. The molecule has 0 aliphatic carbocycles. The van der Waals surface area contributed by atoms with Crippen LogP contribution in [0.1, 0.15) is 16.1 Å². The van der Waals surface area contributed by atoms with Gasteiger partial charge in [-0.2, -0.15) is 0 Å². The molecule has 2 aromatic rings. The number of rotatable bonds is 6. The molecule has 0 saturated carbocycles. The largest absolute Gasteiger partial charge is 0.497 e. The average Bonchev–Trinajstić information content (AvgIpc) is 3.28. The molecule has 1 amide bonds. The molecule has 27 heavy (non-hydrogen) atoms. The number of carbonyl (C=O) groups excluding carboxylic acids is 1. The van der Waals surface area contributed by atoms with E-state index in [4.69, 9.17) is 9.47 Å². The van der Waals surface area contributed by atoms with Crippen molar-refractivity contribution in [1.82, 2.24) is 20.2 Å². The Morgan fingerprint density at radius 2 is 2.15 bits per heavy atom. The lowest BCUT2D eigenvalue weighted by Gasteiger charge is -2.20. The zero-order valence-electron chi connectivity index (χ0n) is 15.4. The summed E-state index contributed by atoms with van der Waals surface area (Å²) in [6.45, 7) is 4.13. The number of amides is 1. The fraction of sp³-hybridized carbons (Fsp3) is 0.450. The molecule has 2 fully saturated rings. The minimum Gasteiger partial charge on any atom is -0.497 e. The van der Waals surface area contributed by atoms with Crippen molar-refractivity contribution in [2.24, 2.45) is 11.8 Å². The summed E-state index contributed by atoms with van der Waals surface area (Å²) in [4.78, 5) is 22.6. The molecule has 1 N–H and O–H groups in total. The maximum atomic E-state index is 12.2. The van der Waals surface area contributed by atoms with Crippen molar-refractivity contribution in [2.75, 3.05) is 33.4 Å². The van der Waals surface area contributed by atoms with Crippen molar-refractivity contribution in [2.45, 2.75) is 12.6 Å². The molecular weight excluding hydrogens is 344 g/mol. The van der Waals surface area contributed by atoms with Crippen molar-refractivity contribution in [3.63, 3.8) is 0 Å². The Labute approximate surface area is 158 Å². The number of hydrogen-bond donors (Lipinski definition) is 1. The third-order valence-electron chi connectivity index (χ3n) is 5.40. The average molecular weight is 368 g/mol. The molecule has 142 valence electrons. The molecule has 2 aliphatic rings. The van der Waals surface area contributed by atoms with Gasteiger partial charge in [0.05, 0.1) is 26.0 Å². The van der Waals surface area contributed by atoms with Crippen LogP contribution in [0.25, 0.3) is 0 Å². The number of hydrogen-bond acceptors (Lipinski definition) is 6. The minimum atomic E-state index is -0.181. The topological polar surface area (TPSA) is 76.6 Å². The highest BCUT2D eigenvalue weighted by Crippen LogP contribution is 2.34. The highest BCUT2D eigenvalue weighted by Gasteiger charge is 2.43. The van der Waals surface area contributed by atoms with Gasteiger partial charge in [-0.3, -0.25) is 14.7 Å². The van der Waals surface area contributed by atoms with Gasteiger partial charge >= 0.3 is 0 Å². The van der Waals surface area contributed by atoms with Crippen LogP contribution in [-0.2, 0) is 11.3 Å². The van der Waals surface area contributed by atoms with Crippen LogP contribution in [0.5, 0.6) is 5.75 Å². The molecule has 0 bridgehead atoms. The molecule has 2 aliphatic heterocycles. The number of methoxy groups -OCH3 is 1. The van der Waals surface area contributed by atoms with Crippen LogP contribution in [0.3, 0.4) is 0 Å². The Morgan fingerprint density at radius 1 is 1.30 bits per heavy atom. The maximum Gasteiger partial charge on any atom is 0.271 e. The van der Waals surface area contributed by atoms with Crippen LogP contribution in [-0.4, -0.2) is 60.2 Å². The van der Waals surface area contributed by atoms with Crippen molar-refractivity contribution in [3.05, 3.63) is 54.1 Å². The second kappa shape index (κ2) is 8.02. The van der Waals surface area contributed by atoms with Gasteiger partial charge in [-0.25, -0.2) is 4.98 Å². The lowest BCUT2D eigenvalue weighted by atomic mass is 9.93. The number of ether oxygens (including phenoxy) is 2. The van der Waals surface area contributed by atoms with Gasteiger partial charge in [0.25, 0.3) is 5.91 Å². The smallest absolute Gasteiger partial charge is 0.271 e. The molecule has 1 aromatic heterocycles. The molecule has 4 rings (SSSR count). The van der Waals surface area contributed by atoms with E-state index in [9.17, 15) is 4.79 Å². The van der Waals surface area contributed by atoms with Gasteiger partial charge in [0.2, 0.25) is 0 Å². The number of carbonyl (C=O) groups is 1. The predicted octanol–water partition coefficient (Wildman–Crippen LogP) is 1.36. The van der Waals surface area contributed by atoms with E-state index < -0.39 is 0 Å². The van der Waals surface area contributed by atoms with Crippen molar-refractivity contribution in [3.8, 4) is 5.75 Å². The van der Waals surface area contributed by atoms with Gasteiger partial charge in [-0.05, 0) is 17.7 Å². The number of aromatic nitrogens is 2. The minimum absolute atomic E-state index is 0.181. The first-order valence-corrected chi connectivity index (χ1v) is 9.24. The van der Waals surface area contributed by atoms with E-state index in [0.29, 0.717) is 30.7 Å². The molecule has 0 spiro atoms. The Morgan fingerprint density at radius 3 is 2.89 bits per heavy atom. The molecule has 0 radical (unpaired) electrons. The Kier molecular flexibility index (Phi) is 5.31. The molecule has 0 unspecified atom stereocenters. The maximum absolute atomic E-state index is 12.2. The zero-order valence-corrected chi connectivity index (χ0v) is 15.4. The van der Waals surface area contributed by atoms with Gasteiger partial charge in [0, 0.05) is 50.4 Å². The number of nitrogens with zero attached hydrogens (tertiary/aromatic N) is 3. The van der Waals surface area contributed by atoms with Crippen molar-refractivity contribution >= 4 is 5.91 Å². The monoisotopic (exact) mass is 368 g/mol. The fourth-order valence-corrected chi connectivity index (χ4v) is 3.94. The number of benzene rings is 1. The first-order chi connectivity index (χ1) is 13.2. The van der Waals surface area contributed by atoms with Gasteiger partial charge in [-0.1, -0.05) is 12.1 Å². The molecule has 2 saturated heterocycles. The lowest BCUT2D eigenvalue weighted by Crippen LogP contribution is -2.34. The summed E-state index contributed by atoms with van der Waals surface area (Å²) in [5.41, 5.74) is 1.61. The fourth-order valence-electron chi connectivity index (χ4n) is 3.94. The number of nitrogens with one attached hydrogen (secondary N) is 1. The molecule has 7 heteroatoms. The molecule has 3 heterocycles. The van der Waals surface area contributed by atoms with Crippen molar-refractivity contribution < 1.29 is 14.3 Å². The SMILES string of the molecule is COc1ccc(CN2C[C@H]3[C@H](CNC(=O)c4cnccn4)CO[C@H]3C2)cc1. The molecule has 3 atom stereocenters. The summed E-state index contributed by atoms with van der Waals surface area (Å²) in [6.07, 6.45) is 4.82. The van der Waals surface area contributed by atoms with E-state index in [1.807, 2.05) is 12.1 Å². The van der Waals surface area contributed by atoms with Crippen LogP contribution in [0.2, 0.25) is 0 Å². The quantitative estimate of drug-likeness (QED) is 0.830. The molecule has 7 nitrogen and oxygen atoms in total. The third-order valence-corrected chi connectivity index (χ3v) is 5.40. The second-order valence-corrected chi connectivity index (χ2v) is 7.14. The first kappa shape index (κ1) is 17.9. The van der Waals surface area contributed by atoms with Crippen LogP contribution < -0.4 is 10.1 Å². The van der Waals surface area contributed by atoms with Crippen LogP contribution in [0.15, 0.2) is 42.9 Å². The third kappa shape index (κ3) is 4.09. The van der Waals surface area contributed by atoms with Crippen LogP contribution >= 0.6 is 0 Å². The zero-order chi connectivity index (χ0) is 18.6. The van der Waals surface area contributed by atoms with Crippen LogP contribution in [0.4, 0.5) is 0 Å². The van der Waals surface area contributed by atoms with E-state index >= 15 is 0 Å². The Bertz CT molecular complexity index is 769. The number of likely N-dealkylation sites (tertiary alicyclic amines) is 1. The summed E-state index contributed by atoms with van der Waals surface area (Å²) in [6, 6.07) is 8.19. The Hall–Kier alpha value is -2.51. The summed E-state index contributed by atoms with van der Waals surface area (Å²) in [7, 11) is 1.68. The standard InChI is InChI=1S/C20H24N4O3/c1-26-16-4-2-14(3-5-16)10-24-11-17-15(13-27-19(17)12-24)8-23-20(25)18-9-21-6-7-22-18/h2-7,9,15,17,19H,8,10-13H2,1H3,(H,23,25)/t15-,17+,19+/m1/s1. The lowest BCUT2D eigenvalue weighted by molar-refractivity contribution is 0.0901. The normalized spacial score (nSPS) is 24.6. The summed E-state index contributed by atoms with van der Waals surface area (Å²) in [5.74, 6) is 1.47. The van der Waals surface area contributed by atoms with E-state index in [1.54, 1.807) is 13.3 Å². The van der Waals surface area contributed by atoms with Crippen molar-refractivity contribution in [1.29, 1.82) is 0 Å². The first-order valence-electron chi connectivity index (χ1n) is 9.24. The molecular formula is C20H24N4O3. The van der Waals surface area contributed by atoms with Gasteiger partial charge < -0.3 is 14.8 Å². The van der Waals surface area contributed by atoms with E-state index in [1.165, 1.54) is 18.0 Å². The van der Waals surface area contributed by atoms with Gasteiger partial charge in [0.1, 0.15) is 11.4 Å². The highest BCUT2D eigenvalue weighted by atomic mass is 16.5. The number of fused-ring (bicyclic) bond motifs is 1.